The molecule has 13 nitrogen and oxygen atoms in total. The minimum atomic E-state index is -2.47. The van der Waals surface area contributed by atoms with Crippen LogP contribution in [-0.2, 0) is 32.1 Å². The number of β-amino-alcohol motifs (C(OH)–C–C–N with tert-alkyl or cyclic N) is 1. The fourth-order valence-electron chi connectivity index (χ4n) is 8.91. The number of unbranched alkanes of at least 4 members (excludes halogenated alkanes) is 3. The van der Waals surface area contributed by atoms with Crippen LogP contribution in [0.5, 0.6) is 5.75 Å². The molecule has 0 aliphatic carbocycles. The Labute approximate surface area is 383 Å². The van der Waals surface area contributed by atoms with Crippen molar-refractivity contribution in [2.45, 2.75) is 116 Å². The monoisotopic (exact) mass is 913 g/mol. The van der Waals surface area contributed by atoms with E-state index in [1.165, 1.54) is 4.90 Å². The molecule has 2 aromatic carbocycles. The first-order chi connectivity index (χ1) is 31.2. The normalized spacial score (nSPS) is 19.4. The molecule has 7 rings (SSSR count). The number of fused-ring (bicyclic) bond motifs is 3. The summed E-state index contributed by atoms with van der Waals surface area (Å²) in [6.45, 7) is 10.0. The number of hydrogen-bond acceptors (Lipinski definition) is 10. The highest BCUT2D eigenvalue weighted by molar-refractivity contribution is 7.13. The number of likely N-dealkylation sites (tertiary alicyclic amines) is 1. The first kappa shape index (κ1) is 47.7. The molecule has 1 unspecified atom stereocenters. The summed E-state index contributed by atoms with van der Waals surface area (Å²) in [5, 5.41) is 17.4. The highest BCUT2D eigenvalue weighted by atomic mass is 32.1. The molecule has 5 aromatic rings. The third kappa shape index (κ3) is 11.8. The number of nitrogens with one attached hydrogen (secondary N) is 3. The van der Waals surface area contributed by atoms with E-state index in [4.69, 9.17) is 14.5 Å². The molecule has 348 valence electrons. The number of hydrogen-bond donors (Lipinski definition) is 4. The number of ether oxygens (including phenoxy) is 2. The second-order valence-corrected chi connectivity index (χ2v) is 19.1. The van der Waals surface area contributed by atoms with E-state index in [1.807, 2.05) is 99.6 Å². The Morgan fingerprint density at radius 3 is 2.45 bits per heavy atom. The minimum Gasteiger partial charge on any atom is -0.492 e. The smallest absolute Gasteiger partial charge is 0.251 e. The number of rotatable bonds is 19. The predicted molar refractivity (Wildman–Crippen MR) is 247 cm³/mol. The molecular formula is C49H61F2N7O6S. The third-order valence-corrected chi connectivity index (χ3v) is 13.3. The van der Waals surface area contributed by atoms with Crippen LogP contribution < -0.4 is 15.4 Å². The number of benzene rings is 2. The average molecular weight is 914 g/mol. The van der Waals surface area contributed by atoms with Gasteiger partial charge in [-0.3, -0.25) is 24.3 Å². The zero-order chi connectivity index (χ0) is 46.3. The average Bonchev–Trinajstić information content (AvgIpc) is 4.00. The number of pyridine rings is 1. The number of carbonyl (C=O) groups is 3. The van der Waals surface area contributed by atoms with E-state index in [2.05, 4.69) is 26.7 Å². The van der Waals surface area contributed by atoms with Crippen LogP contribution in [0.25, 0.3) is 21.3 Å². The molecule has 4 N–H and O–H groups in total. The van der Waals surface area contributed by atoms with Crippen molar-refractivity contribution in [1.82, 2.24) is 35.4 Å². The van der Waals surface area contributed by atoms with E-state index in [0.29, 0.717) is 31.1 Å². The predicted octanol–water partition coefficient (Wildman–Crippen LogP) is 7.36. The van der Waals surface area contributed by atoms with Crippen molar-refractivity contribution >= 4 is 40.0 Å². The molecule has 0 bridgehead atoms. The molecule has 0 saturated carbocycles. The number of carbonyl (C=O) groups excluding carboxylic acids is 3. The van der Waals surface area contributed by atoms with Gasteiger partial charge in [-0.15, -0.1) is 11.3 Å². The van der Waals surface area contributed by atoms with Gasteiger partial charge in [-0.2, -0.15) is 0 Å². The lowest BCUT2D eigenvalue weighted by Crippen LogP contribution is -2.58. The van der Waals surface area contributed by atoms with E-state index in [9.17, 15) is 28.3 Å². The molecule has 5 heterocycles. The van der Waals surface area contributed by atoms with Crippen LogP contribution in [0.1, 0.15) is 94.0 Å². The number of alkyl halides is 2. The Kier molecular flexibility index (Phi) is 15.7. The Balaban J connectivity index is 0.816. The summed E-state index contributed by atoms with van der Waals surface area (Å²) in [6, 6.07) is 17.3. The molecule has 3 aromatic heterocycles. The number of aliphatic hydroxyl groups excluding tert-OH is 1. The van der Waals surface area contributed by atoms with Gasteiger partial charge in [0.1, 0.15) is 24.4 Å². The number of nitrogens with zero attached hydrogens (tertiary/aromatic N) is 4. The molecule has 2 aliphatic heterocycles. The van der Waals surface area contributed by atoms with Crippen molar-refractivity contribution in [3.05, 3.63) is 101 Å². The van der Waals surface area contributed by atoms with E-state index >= 15 is 0 Å². The van der Waals surface area contributed by atoms with Crippen molar-refractivity contribution in [2.75, 3.05) is 32.9 Å². The highest BCUT2D eigenvalue weighted by Gasteiger charge is 2.44. The zero-order valence-corrected chi connectivity index (χ0v) is 38.6. The largest absolute Gasteiger partial charge is 0.492 e. The molecule has 1 fully saturated rings. The van der Waals surface area contributed by atoms with Crippen LogP contribution in [0.3, 0.4) is 0 Å². The molecular weight excluding hydrogens is 853 g/mol. The Hall–Kier alpha value is -5.29. The first-order valence-electron chi connectivity index (χ1n) is 22.5. The summed E-state index contributed by atoms with van der Waals surface area (Å²) in [6.07, 6.45) is 2.36. The van der Waals surface area contributed by atoms with Gasteiger partial charge < -0.3 is 35.1 Å². The summed E-state index contributed by atoms with van der Waals surface area (Å²) < 4.78 is 39.2. The van der Waals surface area contributed by atoms with Crippen molar-refractivity contribution in [3.8, 4) is 16.2 Å². The second-order valence-electron chi connectivity index (χ2n) is 18.3. The summed E-state index contributed by atoms with van der Waals surface area (Å²) in [4.78, 5) is 57.3. The Bertz CT molecular complexity index is 2380. The van der Waals surface area contributed by atoms with Crippen LogP contribution in [0.4, 0.5) is 8.78 Å². The first-order valence-corrected chi connectivity index (χ1v) is 23.4. The van der Waals surface area contributed by atoms with Gasteiger partial charge in [0.15, 0.2) is 0 Å². The fraction of sp³-hybridized carbons (Fsp3) is 0.490. The van der Waals surface area contributed by atoms with E-state index < -0.39 is 47.9 Å². The summed E-state index contributed by atoms with van der Waals surface area (Å²) in [5.74, 6) is -0.628. The van der Waals surface area contributed by atoms with Gasteiger partial charge in [-0.05, 0) is 79.8 Å². The lowest BCUT2D eigenvalue weighted by atomic mass is 9.85. The molecule has 1 saturated heterocycles. The van der Waals surface area contributed by atoms with Crippen LogP contribution in [0, 0.1) is 12.3 Å². The molecule has 2 aliphatic rings. The maximum atomic E-state index is 14.0. The zero-order valence-electron chi connectivity index (χ0n) is 37.8. The minimum absolute atomic E-state index is 0.00952. The number of aromatic nitrogens is 3. The van der Waals surface area contributed by atoms with Crippen molar-refractivity contribution in [1.29, 1.82) is 0 Å². The summed E-state index contributed by atoms with van der Waals surface area (Å²) in [7, 11) is 0. The quantitative estimate of drug-likeness (QED) is 0.0621. The number of para-hydroxylation sites is 1. The van der Waals surface area contributed by atoms with Gasteiger partial charge in [0.25, 0.3) is 6.43 Å². The number of aryl methyl sites for hydroxylation is 1. The van der Waals surface area contributed by atoms with Crippen LogP contribution in [0.2, 0.25) is 0 Å². The van der Waals surface area contributed by atoms with Gasteiger partial charge in [0.2, 0.25) is 17.7 Å². The van der Waals surface area contributed by atoms with Crippen molar-refractivity contribution in [3.63, 3.8) is 0 Å². The fourth-order valence-corrected chi connectivity index (χ4v) is 9.72. The summed E-state index contributed by atoms with van der Waals surface area (Å²) >= 11 is 1.57. The number of aromatic amines is 1. The number of amides is 3. The van der Waals surface area contributed by atoms with Crippen LogP contribution in [0.15, 0.2) is 72.4 Å². The molecule has 0 spiro atoms. The number of aliphatic hydroxyl groups is 1. The van der Waals surface area contributed by atoms with Crippen molar-refractivity contribution in [2.24, 2.45) is 5.41 Å². The van der Waals surface area contributed by atoms with Gasteiger partial charge in [0, 0.05) is 48.8 Å². The Morgan fingerprint density at radius 2 is 1.75 bits per heavy atom. The SMILES string of the molecule is Cc1ncsc1-c1ccc(CNC(=O)[C@@H]2C[C@@H](O)CN2C(=O)C(NC(=O)COCCCCCCOc2ccc([C@@H]3c4[nH]c5ccccc5c4C[C@@H](C)N3CC(F)F)nc2)C(C)(C)C)cc1. The number of H-pyrrole nitrogens is 1. The standard InChI is InChI=1S/C49H61F2N7O6S/c1-30-22-37-36-12-8-9-13-38(36)55-43(37)44(57(30)27-41(50)51)39-19-18-35(25-52-39)64-21-11-7-6-10-20-63-28-42(60)56-46(49(3,4)5)48(62)58-26-34(59)23-40(58)47(61)53-24-32-14-16-33(17-15-32)45-31(2)54-29-65-45/h8-9,12-19,25,29-30,34,40-41,44,46,55,59H,6-7,10-11,20-24,26-28H2,1-5H3,(H,53,61)(H,56,60)/t30-,34-,40+,44-,46?/m1/s1. The van der Waals surface area contributed by atoms with Crippen LogP contribution in [-0.4, -0.2) is 111 Å². The van der Waals surface area contributed by atoms with Crippen molar-refractivity contribution < 1.29 is 37.7 Å². The number of thiazole rings is 1. The molecule has 3 amide bonds. The molecule has 5 atom stereocenters. The molecule has 0 radical (unpaired) electrons. The molecule has 65 heavy (non-hydrogen) atoms. The highest BCUT2D eigenvalue weighted by Crippen LogP contribution is 2.41. The Morgan fingerprint density at radius 1 is 1.00 bits per heavy atom. The lowest BCUT2D eigenvalue weighted by molar-refractivity contribution is -0.144. The van der Waals surface area contributed by atoms with E-state index in [0.717, 1.165) is 69.5 Å². The van der Waals surface area contributed by atoms with E-state index in [-0.39, 0.29) is 44.6 Å². The maximum Gasteiger partial charge on any atom is 0.251 e. The second kappa shape index (κ2) is 21.3. The topological polar surface area (TPSA) is 162 Å². The lowest BCUT2D eigenvalue weighted by Gasteiger charge is -2.40. The third-order valence-electron chi connectivity index (χ3n) is 12.3. The maximum absolute atomic E-state index is 14.0. The van der Waals surface area contributed by atoms with Crippen LogP contribution >= 0.6 is 11.3 Å². The molecule has 16 heteroatoms. The van der Waals surface area contributed by atoms with Gasteiger partial charge in [0.05, 0.1) is 53.3 Å². The number of halogens is 2. The van der Waals surface area contributed by atoms with Gasteiger partial charge in [-0.25, -0.2) is 13.8 Å². The van der Waals surface area contributed by atoms with E-state index in [1.54, 1.807) is 17.5 Å². The van der Waals surface area contributed by atoms with Gasteiger partial charge in [-0.1, -0.05) is 69.7 Å². The summed E-state index contributed by atoms with van der Waals surface area (Å²) in [5.41, 5.74) is 7.76. The van der Waals surface area contributed by atoms with Gasteiger partial charge >= 0.3 is 0 Å².